The van der Waals surface area contributed by atoms with Crippen molar-refractivity contribution in [2.75, 3.05) is 14.2 Å². The minimum absolute atomic E-state index is 0.456. The van der Waals surface area contributed by atoms with Crippen molar-refractivity contribution < 1.29 is 9.47 Å². The molecule has 3 rings (SSSR count). The van der Waals surface area contributed by atoms with Crippen molar-refractivity contribution in [2.24, 2.45) is 0 Å². The molecule has 2 aromatic carbocycles. The molecule has 1 aliphatic rings. The van der Waals surface area contributed by atoms with E-state index in [2.05, 4.69) is 46.4 Å². The largest absolute Gasteiger partial charge is 0.496 e. The highest BCUT2D eigenvalue weighted by atomic mass is 79.9. The lowest BCUT2D eigenvalue weighted by atomic mass is 9.87. The summed E-state index contributed by atoms with van der Waals surface area (Å²) in [7, 11) is 3.48. The van der Waals surface area contributed by atoms with E-state index in [1.54, 1.807) is 14.2 Å². The summed E-state index contributed by atoms with van der Waals surface area (Å²) in [6.07, 6.45) is 3.11. The SMILES string of the molecule is COc1ccc(OC)c2c1CCC(NCc1cc(C)cc(Br)c1)C2. The van der Waals surface area contributed by atoms with Gasteiger partial charge in [0.2, 0.25) is 0 Å². The molecule has 0 aromatic heterocycles. The number of ether oxygens (including phenoxy) is 2. The van der Waals surface area contributed by atoms with Crippen LogP contribution in [0.1, 0.15) is 28.7 Å². The fraction of sp³-hybridized carbons (Fsp3) is 0.400. The summed E-state index contributed by atoms with van der Waals surface area (Å²) < 4.78 is 12.2. The maximum Gasteiger partial charge on any atom is 0.122 e. The van der Waals surface area contributed by atoms with Crippen LogP contribution >= 0.6 is 15.9 Å². The monoisotopic (exact) mass is 389 g/mol. The number of benzene rings is 2. The molecule has 0 amide bonds. The van der Waals surface area contributed by atoms with Gasteiger partial charge in [-0.2, -0.15) is 0 Å². The van der Waals surface area contributed by atoms with E-state index in [0.717, 1.165) is 41.8 Å². The normalized spacial score (nSPS) is 16.6. The van der Waals surface area contributed by atoms with E-state index in [-0.39, 0.29) is 0 Å². The molecule has 24 heavy (non-hydrogen) atoms. The highest BCUT2D eigenvalue weighted by molar-refractivity contribution is 9.10. The van der Waals surface area contributed by atoms with Gasteiger partial charge in [-0.25, -0.2) is 0 Å². The highest BCUT2D eigenvalue weighted by Crippen LogP contribution is 2.36. The lowest BCUT2D eigenvalue weighted by Crippen LogP contribution is -2.34. The molecule has 3 nitrogen and oxygen atoms in total. The predicted molar refractivity (Wildman–Crippen MR) is 101 cm³/mol. The number of hydrogen-bond acceptors (Lipinski definition) is 3. The van der Waals surface area contributed by atoms with Crippen molar-refractivity contribution in [3.8, 4) is 11.5 Å². The molecule has 0 saturated carbocycles. The number of methoxy groups -OCH3 is 2. The molecule has 2 aromatic rings. The number of hydrogen-bond donors (Lipinski definition) is 1. The summed E-state index contributed by atoms with van der Waals surface area (Å²) in [6.45, 7) is 3.01. The van der Waals surface area contributed by atoms with E-state index in [4.69, 9.17) is 9.47 Å². The van der Waals surface area contributed by atoms with Gasteiger partial charge in [0.05, 0.1) is 14.2 Å². The zero-order chi connectivity index (χ0) is 17.1. The molecule has 0 bridgehead atoms. The summed E-state index contributed by atoms with van der Waals surface area (Å²) in [5.41, 5.74) is 5.17. The molecule has 0 spiro atoms. The van der Waals surface area contributed by atoms with Gasteiger partial charge in [-0.3, -0.25) is 0 Å². The zero-order valence-electron chi connectivity index (χ0n) is 14.5. The van der Waals surface area contributed by atoms with Gasteiger partial charge in [0.1, 0.15) is 11.5 Å². The molecular formula is C20H24BrNO2. The third kappa shape index (κ3) is 3.76. The molecule has 1 N–H and O–H groups in total. The fourth-order valence-electron chi connectivity index (χ4n) is 3.55. The van der Waals surface area contributed by atoms with Gasteiger partial charge in [-0.15, -0.1) is 0 Å². The maximum atomic E-state index is 5.57. The Kier molecular flexibility index (Phi) is 5.47. The fourth-order valence-corrected chi connectivity index (χ4v) is 4.20. The van der Waals surface area contributed by atoms with Gasteiger partial charge in [0, 0.05) is 28.2 Å². The Morgan fingerprint density at radius 1 is 1.08 bits per heavy atom. The Bertz CT molecular complexity index is 710. The molecule has 128 valence electrons. The minimum Gasteiger partial charge on any atom is -0.496 e. The van der Waals surface area contributed by atoms with Crippen LogP contribution in [0.15, 0.2) is 34.8 Å². The first-order chi connectivity index (χ1) is 11.6. The third-order valence-electron chi connectivity index (χ3n) is 4.68. The van der Waals surface area contributed by atoms with E-state index in [9.17, 15) is 0 Å². The van der Waals surface area contributed by atoms with Gasteiger partial charge in [-0.05, 0) is 61.6 Å². The topological polar surface area (TPSA) is 30.5 Å². The lowest BCUT2D eigenvalue weighted by Gasteiger charge is -2.28. The van der Waals surface area contributed by atoms with Gasteiger partial charge < -0.3 is 14.8 Å². The van der Waals surface area contributed by atoms with E-state index >= 15 is 0 Å². The van der Waals surface area contributed by atoms with E-state index < -0.39 is 0 Å². The van der Waals surface area contributed by atoms with Crippen LogP contribution in [0.25, 0.3) is 0 Å². The zero-order valence-corrected chi connectivity index (χ0v) is 16.1. The summed E-state index contributed by atoms with van der Waals surface area (Å²) >= 11 is 3.58. The number of rotatable bonds is 5. The first-order valence-corrected chi connectivity index (χ1v) is 9.12. The molecule has 1 aliphatic carbocycles. The number of fused-ring (bicyclic) bond motifs is 1. The molecule has 0 saturated heterocycles. The quantitative estimate of drug-likeness (QED) is 0.820. The second-order valence-corrected chi connectivity index (χ2v) is 7.30. The van der Waals surface area contributed by atoms with E-state index in [1.165, 1.54) is 22.3 Å². The summed E-state index contributed by atoms with van der Waals surface area (Å²) in [5, 5.41) is 3.70. The summed E-state index contributed by atoms with van der Waals surface area (Å²) in [5.74, 6) is 1.95. The van der Waals surface area contributed by atoms with Crippen LogP contribution in [0.5, 0.6) is 11.5 Å². The van der Waals surface area contributed by atoms with Crippen molar-refractivity contribution in [3.05, 3.63) is 57.1 Å². The summed E-state index contributed by atoms with van der Waals surface area (Å²) in [6, 6.07) is 11.0. The second kappa shape index (κ2) is 7.58. The first kappa shape index (κ1) is 17.3. The molecule has 0 fully saturated rings. The van der Waals surface area contributed by atoms with Crippen molar-refractivity contribution in [1.29, 1.82) is 0 Å². The van der Waals surface area contributed by atoms with E-state index in [0.29, 0.717) is 6.04 Å². The van der Waals surface area contributed by atoms with Crippen LogP contribution in [0, 0.1) is 6.92 Å². The lowest BCUT2D eigenvalue weighted by molar-refractivity contribution is 0.376. The first-order valence-electron chi connectivity index (χ1n) is 8.33. The van der Waals surface area contributed by atoms with Crippen LogP contribution in [0.2, 0.25) is 0 Å². The van der Waals surface area contributed by atoms with Gasteiger partial charge in [0.25, 0.3) is 0 Å². The average molecular weight is 390 g/mol. The Morgan fingerprint density at radius 3 is 2.46 bits per heavy atom. The van der Waals surface area contributed by atoms with Crippen molar-refractivity contribution in [1.82, 2.24) is 5.32 Å². The third-order valence-corrected chi connectivity index (χ3v) is 5.13. The Hall–Kier alpha value is -1.52. The number of aryl methyl sites for hydroxylation is 1. The standard InChI is InChI=1S/C20H24BrNO2/c1-13-8-14(10-15(21)9-13)12-22-16-4-5-17-18(11-16)20(24-3)7-6-19(17)23-2/h6-10,16,22H,4-5,11-12H2,1-3H3. The van der Waals surface area contributed by atoms with Crippen LogP contribution in [0.4, 0.5) is 0 Å². The van der Waals surface area contributed by atoms with Gasteiger partial charge in [-0.1, -0.05) is 22.0 Å². The van der Waals surface area contributed by atoms with Crippen LogP contribution < -0.4 is 14.8 Å². The van der Waals surface area contributed by atoms with Crippen LogP contribution in [-0.2, 0) is 19.4 Å². The molecule has 0 heterocycles. The molecule has 1 unspecified atom stereocenters. The molecule has 1 atom stereocenters. The maximum absolute atomic E-state index is 5.57. The van der Waals surface area contributed by atoms with Gasteiger partial charge in [0.15, 0.2) is 0 Å². The minimum atomic E-state index is 0.456. The van der Waals surface area contributed by atoms with Crippen LogP contribution in [0.3, 0.4) is 0 Å². The molecule has 0 aliphatic heterocycles. The molecule has 4 heteroatoms. The van der Waals surface area contributed by atoms with E-state index in [1.807, 2.05) is 12.1 Å². The smallest absolute Gasteiger partial charge is 0.122 e. The van der Waals surface area contributed by atoms with Crippen molar-refractivity contribution in [3.63, 3.8) is 0 Å². The summed E-state index contributed by atoms with van der Waals surface area (Å²) in [4.78, 5) is 0. The Labute approximate surface area is 152 Å². The number of halogens is 1. The second-order valence-electron chi connectivity index (χ2n) is 6.38. The Morgan fingerprint density at radius 2 is 1.79 bits per heavy atom. The predicted octanol–water partition coefficient (Wildman–Crippen LogP) is 4.42. The van der Waals surface area contributed by atoms with Gasteiger partial charge >= 0.3 is 0 Å². The average Bonchev–Trinajstić information content (AvgIpc) is 2.58. The molecule has 0 radical (unpaired) electrons. The van der Waals surface area contributed by atoms with Crippen LogP contribution in [-0.4, -0.2) is 20.3 Å². The Balaban J connectivity index is 1.73. The molecular weight excluding hydrogens is 366 g/mol. The van der Waals surface area contributed by atoms with Crippen molar-refractivity contribution >= 4 is 15.9 Å². The van der Waals surface area contributed by atoms with Crippen molar-refractivity contribution in [2.45, 2.75) is 38.8 Å². The highest BCUT2D eigenvalue weighted by Gasteiger charge is 2.24. The number of nitrogens with one attached hydrogen (secondary N) is 1.